The average molecular weight is 460 g/mol. The van der Waals surface area contributed by atoms with Gasteiger partial charge in [-0.05, 0) is 62.0 Å². The Morgan fingerprint density at radius 1 is 1.22 bits per heavy atom. The van der Waals surface area contributed by atoms with Gasteiger partial charge in [-0.15, -0.1) is 0 Å². The summed E-state index contributed by atoms with van der Waals surface area (Å²) < 4.78 is 9.43. The lowest BCUT2D eigenvalue weighted by Gasteiger charge is -2.31. The molecule has 1 heterocycles. The Morgan fingerprint density at radius 2 is 1.88 bits per heavy atom. The third-order valence-corrected chi connectivity index (χ3v) is 6.35. The standard InChI is InChI=1S/C22H29N5O4S/c1-3-16(21(29)25-13-7-5-6-8-13)27(14-9-11-15(12-10-14)31-4-2)22(30)19-17(23)18(20(24)28)26-32-19/h9-13,16H,3-8,23H2,1-2H3,(H2,24,28)(H,25,29)/t16-/m0/s1. The molecule has 9 nitrogen and oxygen atoms in total. The minimum atomic E-state index is -0.809. The number of amides is 3. The maximum Gasteiger partial charge on any atom is 0.272 e. The molecular formula is C22H29N5O4S. The van der Waals surface area contributed by atoms with Crippen LogP contribution in [0.1, 0.15) is 66.1 Å². The molecule has 0 aliphatic heterocycles. The average Bonchev–Trinajstić information content (AvgIpc) is 3.42. The number of carbonyl (C=O) groups excluding carboxylic acids is 3. The summed E-state index contributed by atoms with van der Waals surface area (Å²) in [5.41, 5.74) is 11.6. The number of carbonyl (C=O) groups is 3. The van der Waals surface area contributed by atoms with Crippen molar-refractivity contribution in [2.45, 2.75) is 58.0 Å². The molecular weight excluding hydrogens is 430 g/mol. The van der Waals surface area contributed by atoms with E-state index >= 15 is 0 Å². The number of anilines is 2. The van der Waals surface area contributed by atoms with Gasteiger partial charge in [0.15, 0.2) is 5.69 Å². The molecule has 2 aromatic rings. The van der Waals surface area contributed by atoms with Gasteiger partial charge in [0, 0.05) is 11.7 Å². The summed E-state index contributed by atoms with van der Waals surface area (Å²) in [4.78, 5) is 39.9. The fraction of sp³-hybridized carbons (Fsp3) is 0.455. The second kappa shape index (κ2) is 10.4. The van der Waals surface area contributed by atoms with Crippen LogP contribution in [0.4, 0.5) is 11.4 Å². The molecule has 0 saturated heterocycles. The smallest absolute Gasteiger partial charge is 0.272 e. The maximum atomic E-state index is 13.6. The van der Waals surface area contributed by atoms with E-state index in [-0.39, 0.29) is 28.2 Å². The summed E-state index contributed by atoms with van der Waals surface area (Å²) in [5.74, 6) is -0.887. The van der Waals surface area contributed by atoms with Gasteiger partial charge in [-0.1, -0.05) is 19.8 Å². The lowest BCUT2D eigenvalue weighted by Crippen LogP contribution is -2.51. The molecule has 1 saturated carbocycles. The molecule has 1 aromatic heterocycles. The van der Waals surface area contributed by atoms with E-state index in [1.165, 1.54) is 4.90 Å². The van der Waals surface area contributed by atoms with E-state index in [1.807, 2.05) is 13.8 Å². The Bertz CT molecular complexity index is 969. The molecule has 10 heteroatoms. The Morgan fingerprint density at radius 3 is 2.41 bits per heavy atom. The Labute approximate surface area is 191 Å². The quantitative estimate of drug-likeness (QED) is 0.526. The first kappa shape index (κ1) is 23.5. The number of ether oxygens (including phenoxy) is 1. The van der Waals surface area contributed by atoms with E-state index in [9.17, 15) is 14.4 Å². The molecule has 1 aromatic carbocycles. The topological polar surface area (TPSA) is 141 Å². The number of hydrogen-bond acceptors (Lipinski definition) is 7. The summed E-state index contributed by atoms with van der Waals surface area (Å²) in [6.07, 6.45) is 4.41. The van der Waals surface area contributed by atoms with Gasteiger partial charge in [-0.25, -0.2) is 0 Å². The molecule has 0 radical (unpaired) electrons. The highest BCUT2D eigenvalue weighted by Gasteiger charge is 2.34. The molecule has 0 bridgehead atoms. The molecule has 5 N–H and O–H groups in total. The third-order valence-electron chi connectivity index (χ3n) is 5.50. The van der Waals surface area contributed by atoms with Crippen molar-refractivity contribution >= 4 is 40.6 Å². The Hall–Kier alpha value is -3.14. The first-order chi connectivity index (χ1) is 15.4. The second-order valence-corrected chi connectivity index (χ2v) is 8.43. The van der Waals surface area contributed by atoms with Crippen molar-refractivity contribution < 1.29 is 19.1 Å². The summed E-state index contributed by atoms with van der Waals surface area (Å²) in [7, 11) is 0. The van der Waals surface area contributed by atoms with Gasteiger partial charge < -0.3 is 21.5 Å². The van der Waals surface area contributed by atoms with Gasteiger partial charge in [0.2, 0.25) is 5.91 Å². The SMILES string of the molecule is CCOc1ccc(N(C(=O)c2snc(C(N)=O)c2N)[C@@H](CC)C(=O)NC2CCCC2)cc1. The van der Waals surface area contributed by atoms with E-state index in [0.29, 0.717) is 24.5 Å². The van der Waals surface area contributed by atoms with Crippen LogP contribution in [-0.2, 0) is 4.79 Å². The van der Waals surface area contributed by atoms with Crippen LogP contribution in [0.3, 0.4) is 0 Å². The summed E-state index contributed by atoms with van der Waals surface area (Å²) >= 11 is 0.796. The Balaban J connectivity index is 1.98. The highest BCUT2D eigenvalue weighted by atomic mass is 32.1. The van der Waals surface area contributed by atoms with Gasteiger partial charge in [0.25, 0.3) is 11.8 Å². The zero-order chi connectivity index (χ0) is 23.3. The van der Waals surface area contributed by atoms with Crippen LogP contribution in [0.15, 0.2) is 24.3 Å². The lowest BCUT2D eigenvalue weighted by atomic mass is 10.1. The monoisotopic (exact) mass is 459 g/mol. The van der Waals surface area contributed by atoms with Crippen LogP contribution >= 0.6 is 11.5 Å². The third kappa shape index (κ3) is 5.01. The summed E-state index contributed by atoms with van der Waals surface area (Å²) in [6, 6.07) is 6.28. The van der Waals surface area contributed by atoms with Crippen molar-refractivity contribution in [2.24, 2.45) is 5.73 Å². The number of primary amides is 1. The van der Waals surface area contributed by atoms with Crippen molar-refractivity contribution in [3.8, 4) is 5.75 Å². The molecule has 1 atom stereocenters. The fourth-order valence-electron chi connectivity index (χ4n) is 3.90. The predicted octanol–water partition coefficient (Wildman–Crippen LogP) is 2.71. The molecule has 1 aliphatic rings. The van der Waals surface area contributed by atoms with Crippen molar-refractivity contribution in [3.63, 3.8) is 0 Å². The number of nitrogens with two attached hydrogens (primary N) is 2. The number of nitrogens with zero attached hydrogens (tertiary/aromatic N) is 2. The predicted molar refractivity (Wildman–Crippen MR) is 124 cm³/mol. The first-order valence-corrected chi connectivity index (χ1v) is 11.6. The zero-order valence-corrected chi connectivity index (χ0v) is 19.1. The van der Waals surface area contributed by atoms with Crippen LogP contribution in [0, 0.1) is 0 Å². The number of hydrogen-bond donors (Lipinski definition) is 3. The van der Waals surface area contributed by atoms with Crippen molar-refractivity contribution in [2.75, 3.05) is 17.2 Å². The van der Waals surface area contributed by atoms with E-state index in [1.54, 1.807) is 24.3 Å². The lowest BCUT2D eigenvalue weighted by molar-refractivity contribution is -0.123. The van der Waals surface area contributed by atoms with Crippen molar-refractivity contribution in [3.05, 3.63) is 34.8 Å². The number of benzene rings is 1. The van der Waals surface area contributed by atoms with Gasteiger partial charge >= 0.3 is 0 Å². The van der Waals surface area contributed by atoms with E-state index in [2.05, 4.69) is 9.69 Å². The molecule has 3 amide bonds. The molecule has 0 unspecified atom stereocenters. The van der Waals surface area contributed by atoms with Crippen molar-refractivity contribution in [1.29, 1.82) is 0 Å². The van der Waals surface area contributed by atoms with Gasteiger partial charge in [-0.3, -0.25) is 19.3 Å². The number of rotatable bonds is 9. The van der Waals surface area contributed by atoms with Crippen LogP contribution in [-0.4, -0.2) is 40.8 Å². The Kier molecular flexibility index (Phi) is 7.68. The van der Waals surface area contributed by atoms with Gasteiger partial charge in [0.1, 0.15) is 16.7 Å². The number of nitrogens with one attached hydrogen (secondary N) is 1. The van der Waals surface area contributed by atoms with Crippen LogP contribution in [0.2, 0.25) is 0 Å². The number of nitrogen functional groups attached to an aromatic ring is 1. The maximum absolute atomic E-state index is 13.6. The van der Waals surface area contributed by atoms with E-state index < -0.39 is 17.9 Å². The fourth-order valence-corrected chi connectivity index (χ4v) is 4.64. The summed E-state index contributed by atoms with van der Waals surface area (Å²) in [6.45, 7) is 4.24. The highest BCUT2D eigenvalue weighted by Crippen LogP contribution is 2.30. The second-order valence-electron chi connectivity index (χ2n) is 7.65. The molecule has 0 spiro atoms. The highest BCUT2D eigenvalue weighted by molar-refractivity contribution is 7.09. The summed E-state index contributed by atoms with van der Waals surface area (Å²) in [5, 5.41) is 3.08. The van der Waals surface area contributed by atoms with Gasteiger partial charge in [-0.2, -0.15) is 4.37 Å². The van der Waals surface area contributed by atoms with Crippen LogP contribution in [0.25, 0.3) is 0 Å². The van der Waals surface area contributed by atoms with Gasteiger partial charge in [0.05, 0.1) is 12.3 Å². The van der Waals surface area contributed by atoms with Crippen LogP contribution in [0.5, 0.6) is 5.75 Å². The van der Waals surface area contributed by atoms with E-state index in [4.69, 9.17) is 16.2 Å². The normalized spacial score (nSPS) is 14.7. The van der Waals surface area contributed by atoms with E-state index in [0.717, 1.165) is 37.2 Å². The number of aromatic nitrogens is 1. The minimum absolute atomic E-state index is 0.0693. The first-order valence-electron chi connectivity index (χ1n) is 10.8. The zero-order valence-electron chi connectivity index (χ0n) is 18.3. The minimum Gasteiger partial charge on any atom is -0.494 e. The van der Waals surface area contributed by atoms with Crippen molar-refractivity contribution in [1.82, 2.24) is 9.69 Å². The molecule has 172 valence electrons. The molecule has 1 fully saturated rings. The molecule has 1 aliphatic carbocycles. The molecule has 3 rings (SSSR count). The molecule has 32 heavy (non-hydrogen) atoms. The largest absolute Gasteiger partial charge is 0.494 e. The van der Waals surface area contributed by atoms with Crippen LogP contribution < -0.4 is 26.4 Å².